The zero-order chi connectivity index (χ0) is 9.97. The molecule has 1 N–H and O–H groups in total. The van der Waals surface area contributed by atoms with Crippen molar-refractivity contribution >= 4 is 0 Å². The van der Waals surface area contributed by atoms with Crippen LogP contribution in [0.2, 0.25) is 0 Å². The van der Waals surface area contributed by atoms with E-state index in [1.54, 1.807) is 0 Å². The van der Waals surface area contributed by atoms with E-state index < -0.39 is 0 Å². The Kier molecular flexibility index (Phi) is 3.42. The molecule has 0 spiro atoms. The predicted molar refractivity (Wildman–Crippen MR) is 57.4 cm³/mol. The molecule has 2 saturated heterocycles. The van der Waals surface area contributed by atoms with E-state index in [-0.39, 0.29) is 0 Å². The number of hydrogen-bond acceptors (Lipinski definition) is 3. The van der Waals surface area contributed by atoms with Crippen molar-refractivity contribution in [1.29, 1.82) is 0 Å². The quantitative estimate of drug-likeness (QED) is 0.707. The van der Waals surface area contributed by atoms with E-state index >= 15 is 0 Å². The predicted octanol–water partition coefficient (Wildman–Crippen LogP) is 0.705. The van der Waals surface area contributed by atoms with E-state index in [1.807, 2.05) is 0 Å². The Morgan fingerprint density at radius 1 is 1.36 bits per heavy atom. The molecule has 3 nitrogen and oxygen atoms in total. The minimum Gasteiger partial charge on any atom is -0.380 e. The fraction of sp³-hybridized carbons (Fsp3) is 1.00. The molecule has 2 aliphatic heterocycles. The molecular formula is C11H22N2O. The Balaban J connectivity index is 1.89. The minimum atomic E-state index is 0.649. The lowest BCUT2D eigenvalue weighted by atomic mass is 10.0. The van der Waals surface area contributed by atoms with Crippen LogP contribution in [-0.2, 0) is 4.74 Å². The highest BCUT2D eigenvalue weighted by Gasteiger charge is 2.31. The Morgan fingerprint density at radius 2 is 2.21 bits per heavy atom. The van der Waals surface area contributed by atoms with Crippen LogP contribution in [-0.4, -0.2) is 50.3 Å². The van der Waals surface area contributed by atoms with Crippen molar-refractivity contribution in [3.05, 3.63) is 0 Å². The van der Waals surface area contributed by atoms with Crippen LogP contribution in [0, 0.1) is 5.92 Å². The van der Waals surface area contributed by atoms with Crippen LogP contribution < -0.4 is 5.32 Å². The highest BCUT2D eigenvalue weighted by molar-refractivity contribution is 4.88. The van der Waals surface area contributed by atoms with Gasteiger partial charge in [-0.05, 0) is 32.4 Å². The van der Waals surface area contributed by atoms with E-state index in [9.17, 15) is 0 Å². The first kappa shape index (κ1) is 10.4. The molecule has 0 aromatic rings. The molecule has 2 fully saturated rings. The van der Waals surface area contributed by atoms with Crippen LogP contribution in [0.1, 0.15) is 19.8 Å². The SMILES string of the molecule is CC1CNCC1N(C)C1CCCOC1. The molecule has 2 heterocycles. The zero-order valence-electron chi connectivity index (χ0n) is 9.33. The zero-order valence-corrected chi connectivity index (χ0v) is 9.33. The first-order valence-corrected chi connectivity index (χ1v) is 5.79. The highest BCUT2D eigenvalue weighted by atomic mass is 16.5. The van der Waals surface area contributed by atoms with E-state index in [0.717, 1.165) is 25.7 Å². The maximum Gasteiger partial charge on any atom is 0.0621 e. The molecule has 0 saturated carbocycles. The lowest BCUT2D eigenvalue weighted by molar-refractivity contribution is 0.00943. The van der Waals surface area contributed by atoms with Crippen LogP contribution in [0.15, 0.2) is 0 Å². The molecule has 2 rings (SSSR count). The molecule has 14 heavy (non-hydrogen) atoms. The van der Waals surface area contributed by atoms with Crippen molar-refractivity contribution in [2.45, 2.75) is 31.8 Å². The smallest absolute Gasteiger partial charge is 0.0621 e. The van der Waals surface area contributed by atoms with E-state index in [0.29, 0.717) is 12.1 Å². The number of rotatable bonds is 2. The molecule has 3 unspecified atom stereocenters. The van der Waals surface area contributed by atoms with Crippen LogP contribution in [0.4, 0.5) is 0 Å². The normalized spacial score (nSPS) is 39.2. The van der Waals surface area contributed by atoms with Gasteiger partial charge in [-0.15, -0.1) is 0 Å². The van der Waals surface area contributed by atoms with Crippen LogP contribution in [0.25, 0.3) is 0 Å². The molecule has 0 aromatic heterocycles. The van der Waals surface area contributed by atoms with Gasteiger partial charge in [-0.3, -0.25) is 4.90 Å². The average molecular weight is 198 g/mol. The second-order valence-corrected chi connectivity index (χ2v) is 4.74. The largest absolute Gasteiger partial charge is 0.380 e. The van der Waals surface area contributed by atoms with E-state index in [4.69, 9.17) is 4.74 Å². The van der Waals surface area contributed by atoms with Gasteiger partial charge in [0.25, 0.3) is 0 Å². The maximum absolute atomic E-state index is 5.54. The number of hydrogen-bond donors (Lipinski definition) is 1. The lowest BCUT2D eigenvalue weighted by Gasteiger charge is -2.36. The summed E-state index contributed by atoms with van der Waals surface area (Å²) in [4.78, 5) is 2.53. The number of ether oxygens (including phenoxy) is 1. The summed E-state index contributed by atoms with van der Waals surface area (Å²) in [5.41, 5.74) is 0. The molecule has 3 heteroatoms. The monoisotopic (exact) mass is 198 g/mol. The third kappa shape index (κ3) is 2.10. The summed E-state index contributed by atoms with van der Waals surface area (Å²) in [7, 11) is 2.26. The first-order chi connectivity index (χ1) is 6.79. The second kappa shape index (κ2) is 4.60. The second-order valence-electron chi connectivity index (χ2n) is 4.74. The lowest BCUT2D eigenvalue weighted by Crippen LogP contribution is -2.47. The molecule has 3 atom stereocenters. The molecule has 0 radical (unpaired) electrons. The third-order valence-electron chi connectivity index (χ3n) is 3.71. The van der Waals surface area contributed by atoms with Gasteiger partial charge in [0.15, 0.2) is 0 Å². The Labute approximate surface area is 86.8 Å². The molecule has 0 aliphatic carbocycles. The van der Waals surface area contributed by atoms with Crippen molar-refractivity contribution in [2.24, 2.45) is 5.92 Å². The standard InChI is InChI=1S/C11H22N2O/c1-9-6-12-7-11(9)13(2)10-4-3-5-14-8-10/h9-12H,3-8H2,1-2H3. The minimum absolute atomic E-state index is 0.649. The van der Waals surface area contributed by atoms with Crippen LogP contribution in [0.3, 0.4) is 0 Å². The van der Waals surface area contributed by atoms with Gasteiger partial charge in [-0.1, -0.05) is 6.92 Å². The van der Waals surface area contributed by atoms with Gasteiger partial charge in [-0.25, -0.2) is 0 Å². The van der Waals surface area contributed by atoms with E-state index in [2.05, 4.69) is 24.2 Å². The van der Waals surface area contributed by atoms with Crippen molar-refractivity contribution in [3.8, 4) is 0 Å². The van der Waals surface area contributed by atoms with Gasteiger partial charge < -0.3 is 10.1 Å². The number of nitrogens with zero attached hydrogens (tertiary/aromatic N) is 1. The maximum atomic E-state index is 5.54. The summed E-state index contributed by atoms with van der Waals surface area (Å²) in [6.45, 7) is 6.55. The van der Waals surface area contributed by atoms with Crippen molar-refractivity contribution in [2.75, 3.05) is 33.4 Å². The van der Waals surface area contributed by atoms with Gasteiger partial charge in [0.05, 0.1) is 6.61 Å². The van der Waals surface area contributed by atoms with Crippen LogP contribution >= 0.6 is 0 Å². The van der Waals surface area contributed by atoms with Gasteiger partial charge in [-0.2, -0.15) is 0 Å². The third-order valence-corrected chi connectivity index (χ3v) is 3.71. The number of nitrogens with one attached hydrogen (secondary N) is 1. The molecule has 0 amide bonds. The van der Waals surface area contributed by atoms with Gasteiger partial charge in [0.1, 0.15) is 0 Å². The topological polar surface area (TPSA) is 24.5 Å². The Bertz CT molecular complexity index is 180. The van der Waals surface area contributed by atoms with Crippen molar-refractivity contribution in [3.63, 3.8) is 0 Å². The summed E-state index contributed by atoms with van der Waals surface area (Å²) in [5.74, 6) is 0.780. The summed E-state index contributed by atoms with van der Waals surface area (Å²) in [5, 5.41) is 3.46. The Hall–Kier alpha value is -0.120. The molecule has 0 bridgehead atoms. The highest BCUT2D eigenvalue weighted by Crippen LogP contribution is 2.20. The van der Waals surface area contributed by atoms with Gasteiger partial charge in [0, 0.05) is 25.2 Å². The Morgan fingerprint density at radius 3 is 2.79 bits per heavy atom. The van der Waals surface area contributed by atoms with E-state index in [1.165, 1.54) is 19.4 Å². The van der Waals surface area contributed by atoms with Crippen molar-refractivity contribution in [1.82, 2.24) is 10.2 Å². The summed E-state index contributed by atoms with van der Waals surface area (Å²) >= 11 is 0. The molecular weight excluding hydrogens is 176 g/mol. The average Bonchev–Trinajstić information content (AvgIpc) is 2.65. The van der Waals surface area contributed by atoms with Gasteiger partial charge >= 0.3 is 0 Å². The van der Waals surface area contributed by atoms with Crippen molar-refractivity contribution < 1.29 is 4.74 Å². The molecule has 0 aromatic carbocycles. The van der Waals surface area contributed by atoms with Gasteiger partial charge in [0.2, 0.25) is 0 Å². The van der Waals surface area contributed by atoms with Crippen LogP contribution in [0.5, 0.6) is 0 Å². The molecule has 82 valence electrons. The first-order valence-electron chi connectivity index (χ1n) is 5.79. The summed E-state index contributed by atoms with van der Waals surface area (Å²) in [6.07, 6.45) is 2.53. The summed E-state index contributed by atoms with van der Waals surface area (Å²) in [6, 6.07) is 1.36. The number of likely N-dealkylation sites (N-methyl/N-ethyl adjacent to an activating group) is 1. The molecule has 2 aliphatic rings. The fourth-order valence-electron chi connectivity index (χ4n) is 2.66. The summed E-state index contributed by atoms with van der Waals surface area (Å²) < 4.78 is 5.54. The fourth-order valence-corrected chi connectivity index (χ4v) is 2.66.